The fraction of sp³-hybridized carbons (Fsp3) is 0.167. The topological polar surface area (TPSA) is 21.3 Å². The van der Waals surface area contributed by atoms with Gasteiger partial charge in [0.25, 0.3) is 0 Å². The monoisotopic (exact) mass is 217 g/mol. The molecule has 1 atom stereocenters. The fourth-order valence-corrected chi connectivity index (χ4v) is 2.57. The largest absolute Gasteiger partial charge is 0.463 e. The Balaban J connectivity index is 1.90. The first-order valence-corrected chi connectivity index (χ1v) is 5.73. The standard InChI is InChI=1S/C12H11NOS/c1-8-6-7-11(15-8)12-13-9-4-2-3-5-10(9)14-12/h2-7,12-13H,1H3. The van der Waals surface area contributed by atoms with E-state index in [2.05, 4.69) is 24.4 Å². The number of thiophene rings is 1. The number of hydrogen-bond acceptors (Lipinski definition) is 3. The second kappa shape index (κ2) is 3.28. The molecule has 0 radical (unpaired) electrons. The molecule has 0 amide bonds. The number of benzene rings is 1. The molecule has 3 rings (SSSR count). The van der Waals surface area contributed by atoms with Crippen LogP contribution in [0.3, 0.4) is 0 Å². The second-order valence-corrected chi connectivity index (χ2v) is 4.91. The second-order valence-electron chi connectivity index (χ2n) is 3.59. The smallest absolute Gasteiger partial charge is 0.205 e. The first-order valence-electron chi connectivity index (χ1n) is 4.91. The van der Waals surface area contributed by atoms with E-state index < -0.39 is 0 Å². The van der Waals surface area contributed by atoms with Crippen LogP contribution in [0, 0.1) is 6.92 Å². The zero-order valence-corrected chi connectivity index (χ0v) is 9.17. The van der Waals surface area contributed by atoms with Crippen molar-refractivity contribution in [2.45, 2.75) is 13.2 Å². The third kappa shape index (κ3) is 1.49. The van der Waals surface area contributed by atoms with Crippen molar-refractivity contribution in [1.29, 1.82) is 0 Å². The van der Waals surface area contributed by atoms with Crippen molar-refractivity contribution in [2.24, 2.45) is 0 Å². The van der Waals surface area contributed by atoms with Gasteiger partial charge in [-0.05, 0) is 31.2 Å². The van der Waals surface area contributed by atoms with Crippen molar-refractivity contribution < 1.29 is 4.74 Å². The van der Waals surface area contributed by atoms with Crippen LogP contribution in [0.15, 0.2) is 36.4 Å². The van der Waals surface area contributed by atoms with Gasteiger partial charge in [0, 0.05) is 4.88 Å². The van der Waals surface area contributed by atoms with Gasteiger partial charge < -0.3 is 10.1 Å². The van der Waals surface area contributed by atoms with Crippen LogP contribution in [0.25, 0.3) is 0 Å². The Bertz CT molecular complexity index is 467. The summed E-state index contributed by atoms with van der Waals surface area (Å²) in [5.41, 5.74) is 1.08. The molecule has 0 spiro atoms. The number of hydrogen-bond donors (Lipinski definition) is 1. The SMILES string of the molecule is Cc1ccc(C2Nc3ccccc3O2)s1. The number of anilines is 1. The summed E-state index contributed by atoms with van der Waals surface area (Å²) < 4.78 is 5.81. The molecule has 1 N–H and O–H groups in total. The van der Waals surface area contributed by atoms with Gasteiger partial charge >= 0.3 is 0 Å². The molecule has 0 saturated carbocycles. The molecule has 3 heteroatoms. The molecule has 2 nitrogen and oxygen atoms in total. The lowest BCUT2D eigenvalue weighted by Crippen LogP contribution is -2.07. The molecular weight excluding hydrogens is 206 g/mol. The number of nitrogens with one attached hydrogen (secondary N) is 1. The van der Waals surface area contributed by atoms with Crippen LogP contribution >= 0.6 is 11.3 Å². The van der Waals surface area contributed by atoms with Crippen LogP contribution < -0.4 is 10.1 Å². The quantitative estimate of drug-likeness (QED) is 0.788. The Labute approximate surface area is 92.5 Å². The number of aryl methyl sites for hydroxylation is 1. The predicted octanol–water partition coefficient (Wildman–Crippen LogP) is 3.56. The van der Waals surface area contributed by atoms with Crippen molar-refractivity contribution in [3.63, 3.8) is 0 Å². The van der Waals surface area contributed by atoms with Crippen molar-refractivity contribution in [2.75, 3.05) is 5.32 Å². The van der Waals surface area contributed by atoms with Gasteiger partial charge in [0.05, 0.1) is 10.6 Å². The minimum atomic E-state index is -0.0129. The first kappa shape index (κ1) is 8.80. The molecule has 2 aromatic rings. The van der Waals surface area contributed by atoms with E-state index >= 15 is 0 Å². The van der Waals surface area contributed by atoms with E-state index in [-0.39, 0.29) is 6.23 Å². The van der Waals surface area contributed by atoms with Gasteiger partial charge in [0.2, 0.25) is 6.23 Å². The molecule has 0 saturated heterocycles. The maximum atomic E-state index is 5.81. The minimum absolute atomic E-state index is 0.0129. The van der Waals surface area contributed by atoms with Crippen LogP contribution in [-0.2, 0) is 0 Å². The van der Waals surface area contributed by atoms with Crippen molar-refractivity contribution in [3.8, 4) is 5.75 Å². The molecule has 1 aromatic heterocycles. The van der Waals surface area contributed by atoms with E-state index in [1.807, 2.05) is 24.3 Å². The lowest BCUT2D eigenvalue weighted by molar-refractivity contribution is 0.264. The van der Waals surface area contributed by atoms with E-state index in [1.165, 1.54) is 9.75 Å². The van der Waals surface area contributed by atoms with Crippen LogP contribution in [-0.4, -0.2) is 0 Å². The number of ether oxygens (including phenoxy) is 1. The molecule has 0 bridgehead atoms. The van der Waals surface area contributed by atoms with E-state index in [1.54, 1.807) is 11.3 Å². The Morgan fingerprint density at radius 1 is 1.20 bits per heavy atom. The zero-order chi connectivity index (χ0) is 10.3. The molecule has 76 valence electrons. The average molecular weight is 217 g/mol. The number of para-hydroxylation sites is 2. The average Bonchev–Trinajstić information content (AvgIpc) is 2.82. The Hall–Kier alpha value is -1.48. The van der Waals surface area contributed by atoms with E-state index in [4.69, 9.17) is 4.74 Å². The summed E-state index contributed by atoms with van der Waals surface area (Å²) in [5.74, 6) is 0.938. The first-order chi connectivity index (χ1) is 7.33. The van der Waals surface area contributed by atoms with Gasteiger partial charge in [0.15, 0.2) is 0 Å². The van der Waals surface area contributed by atoms with Crippen LogP contribution in [0.1, 0.15) is 16.0 Å². The molecule has 1 aliphatic rings. The minimum Gasteiger partial charge on any atom is -0.463 e. The number of fused-ring (bicyclic) bond motifs is 1. The highest BCUT2D eigenvalue weighted by molar-refractivity contribution is 7.12. The lowest BCUT2D eigenvalue weighted by Gasteiger charge is -2.08. The molecule has 2 heterocycles. The maximum Gasteiger partial charge on any atom is 0.205 e. The summed E-state index contributed by atoms with van der Waals surface area (Å²) in [6.07, 6.45) is -0.0129. The third-order valence-corrected chi connectivity index (χ3v) is 3.48. The van der Waals surface area contributed by atoms with E-state index in [0.717, 1.165) is 11.4 Å². The molecule has 0 fully saturated rings. The molecular formula is C12H11NOS. The summed E-state index contributed by atoms with van der Waals surface area (Å²) >= 11 is 1.77. The van der Waals surface area contributed by atoms with Gasteiger partial charge in [-0.1, -0.05) is 12.1 Å². The number of rotatable bonds is 1. The summed E-state index contributed by atoms with van der Waals surface area (Å²) in [5, 5.41) is 3.35. The van der Waals surface area contributed by atoms with Gasteiger partial charge in [-0.2, -0.15) is 0 Å². The van der Waals surface area contributed by atoms with Crippen molar-refractivity contribution in [3.05, 3.63) is 46.2 Å². The summed E-state index contributed by atoms with van der Waals surface area (Å²) in [7, 11) is 0. The Kier molecular flexibility index (Phi) is 1.92. The van der Waals surface area contributed by atoms with Crippen molar-refractivity contribution >= 4 is 17.0 Å². The Morgan fingerprint density at radius 2 is 2.07 bits per heavy atom. The fourth-order valence-electron chi connectivity index (χ4n) is 1.71. The van der Waals surface area contributed by atoms with Crippen LogP contribution in [0.2, 0.25) is 0 Å². The normalized spacial score (nSPS) is 18.1. The lowest BCUT2D eigenvalue weighted by atomic mass is 10.3. The van der Waals surface area contributed by atoms with Crippen LogP contribution in [0.4, 0.5) is 5.69 Å². The van der Waals surface area contributed by atoms with E-state index in [0.29, 0.717) is 0 Å². The summed E-state index contributed by atoms with van der Waals surface area (Å²) in [4.78, 5) is 2.54. The van der Waals surface area contributed by atoms with Gasteiger partial charge in [0.1, 0.15) is 5.75 Å². The highest BCUT2D eigenvalue weighted by Gasteiger charge is 2.23. The maximum absolute atomic E-state index is 5.81. The van der Waals surface area contributed by atoms with Gasteiger partial charge in [-0.15, -0.1) is 11.3 Å². The van der Waals surface area contributed by atoms with Gasteiger partial charge in [-0.25, -0.2) is 0 Å². The highest BCUT2D eigenvalue weighted by Crippen LogP contribution is 2.39. The molecule has 0 aliphatic carbocycles. The van der Waals surface area contributed by atoms with E-state index in [9.17, 15) is 0 Å². The molecule has 15 heavy (non-hydrogen) atoms. The Morgan fingerprint density at radius 3 is 2.80 bits per heavy atom. The third-order valence-electron chi connectivity index (χ3n) is 2.44. The molecule has 1 aromatic carbocycles. The highest BCUT2D eigenvalue weighted by atomic mass is 32.1. The van der Waals surface area contributed by atoms with Gasteiger partial charge in [-0.3, -0.25) is 0 Å². The molecule has 1 unspecified atom stereocenters. The van der Waals surface area contributed by atoms with Crippen molar-refractivity contribution in [1.82, 2.24) is 0 Å². The van der Waals surface area contributed by atoms with Crippen LogP contribution in [0.5, 0.6) is 5.75 Å². The zero-order valence-electron chi connectivity index (χ0n) is 8.36. The summed E-state index contributed by atoms with van der Waals surface area (Å²) in [6.45, 7) is 2.11. The predicted molar refractivity (Wildman–Crippen MR) is 62.5 cm³/mol. The summed E-state index contributed by atoms with van der Waals surface area (Å²) in [6, 6.07) is 12.3. The molecule has 1 aliphatic heterocycles.